The van der Waals surface area contributed by atoms with Crippen LogP contribution in [0.15, 0.2) is 33.5 Å². The van der Waals surface area contributed by atoms with Gasteiger partial charge in [-0.3, -0.25) is 4.79 Å². The summed E-state index contributed by atoms with van der Waals surface area (Å²) >= 11 is 0. The first kappa shape index (κ1) is 13.4. The molecule has 0 saturated heterocycles. The van der Waals surface area contributed by atoms with Crippen molar-refractivity contribution >= 4 is 10.9 Å². The molecule has 0 unspecified atom stereocenters. The van der Waals surface area contributed by atoms with Crippen LogP contribution in [0.4, 0.5) is 0 Å². The van der Waals surface area contributed by atoms with Crippen molar-refractivity contribution in [2.24, 2.45) is 0 Å². The third-order valence-corrected chi connectivity index (χ3v) is 3.21. The monoisotopic (exact) mass is 285 g/mol. The summed E-state index contributed by atoms with van der Waals surface area (Å²) in [7, 11) is 1.60. The molecule has 6 nitrogen and oxygen atoms in total. The van der Waals surface area contributed by atoms with Crippen LogP contribution in [0, 0.1) is 0 Å². The van der Waals surface area contributed by atoms with E-state index in [0.717, 1.165) is 23.1 Å². The molecule has 108 valence electrons. The molecule has 0 amide bonds. The molecule has 0 aliphatic rings. The predicted molar refractivity (Wildman–Crippen MR) is 78.4 cm³/mol. The van der Waals surface area contributed by atoms with Gasteiger partial charge in [0.25, 0.3) is 11.4 Å². The molecule has 3 rings (SSSR count). The molecule has 0 fully saturated rings. The molecule has 2 aromatic heterocycles. The third kappa shape index (κ3) is 2.52. The van der Waals surface area contributed by atoms with Gasteiger partial charge in [0.05, 0.1) is 7.11 Å². The zero-order valence-corrected chi connectivity index (χ0v) is 11.8. The number of nitrogens with one attached hydrogen (secondary N) is 1. The average Bonchev–Trinajstić information content (AvgIpc) is 2.95. The highest BCUT2D eigenvalue weighted by Gasteiger charge is 2.13. The molecule has 0 atom stereocenters. The van der Waals surface area contributed by atoms with E-state index in [1.54, 1.807) is 25.3 Å². The molecule has 6 heteroatoms. The van der Waals surface area contributed by atoms with Crippen LogP contribution in [0.3, 0.4) is 0 Å². The van der Waals surface area contributed by atoms with Crippen LogP contribution in [0.2, 0.25) is 0 Å². The lowest BCUT2D eigenvalue weighted by Crippen LogP contribution is -2.08. The van der Waals surface area contributed by atoms with Gasteiger partial charge in [-0.15, -0.1) is 10.2 Å². The van der Waals surface area contributed by atoms with Crippen LogP contribution in [0.5, 0.6) is 5.75 Å². The molecule has 1 aromatic carbocycles. The topological polar surface area (TPSA) is 81.0 Å². The van der Waals surface area contributed by atoms with Crippen molar-refractivity contribution in [2.75, 3.05) is 7.11 Å². The summed E-state index contributed by atoms with van der Waals surface area (Å²) in [6.07, 6.45) is 1.61. The molecule has 0 aliphatic carbocycles. The Balaban J connectivity index is 2.12. The van der Waals surface area contributed by atoms with Gasteiger partial charge in [-0.05, 0) is 30.7 Å². The SMILES string of the molecule is CCCc1nnc(-c2cc3cc(OC)ccc3[nH]c2=O)o1. The van der Waals surface area contributed by atoms with E-state index in [4.69, 9.17) is 9.15 Å². The summed E-state index contributed by atoms with van der Waals surface area (Å²) in [6.45, 7) is 2.03. The van der Waals surface area contributed by atoms with Gasteiger partial charge < -0.3 is 14.1 Å². The molecular weight excluding hydrogens is 270 g/mol. The Morgan fingerprint density at radius 1 is 1.29 bits per heavy atom. The molecule has 21 heavy (non-hydrogen) atoms. The Bertz CT molecular complexity index is 836. The summed E-state index contributed by atoms with van der Waals surface area (Å²) in [5.41, 5.74) is 0.850. The minimum absolute atomic E-state index is 0.240. The molecular formula is C15H15N3O3. The number of hydrogen-bond donors (Lipinski definition) is 1. The summed E-state index contributed by atoms with van der Waals surface area (Å²) in [5.74, 6) is 1.50. The average molecular weight is 285 g/mol. The van der Waals surface area contributed by atoms with Crippen molar-refractivity contribution in [1.29, 1.82) is 0 Å². The molecule has 0 spiro atoms. The highest BCUT2D eigenvalue weighted by Crippen LogP contribution is 2.22. The van der Waals surface area contributed by atoms with Crippen LogP contribution < -0.4 is 10.3 Å². The van der Waals surface area contributed by atoms with Crippen molar-refractivity contribution < 1.29 is 9.15 Å². The lowest BCUT2D eigenvalue weighted by atomic mass is 10.1. The number of pyridine rings is 1. The van der Waals surface area contributed by atoms with Crippen LogP contribution >= 0.6 is 0 Å². The molecule has 0 bridgehead atoms. The smallest absolute Gasteiger partial charge is 0.261 e. The summed E-state index contributed by atoms with van der Waals surface area (Å²) in [4.78, 5) is 15.0. The highest BCUT2D eigenvalue weighted by atomic mass is 16.5. The maximum Gasteiger partial charge on any atom is 0.261 e. The number of hydrogen-bond acceptors (Lipinski definition) is 5. The summed E-state index contributed by atoms with van der Waals surface area (Å²) < 4.78 is 10.7. The van der Waals surface area contributed by atoms with E-state index in [0.29, 0.717) is 17.9 Å². The zero-order chi connectivity index (χ0) is 14.8. The Morgan fingerprint density at radius 3 is 2.90 bits per heavy atom. The molecule has 0 radical (unpaired) electrons. The van der Waals surface area contributed by atoms with Crippen molar-refractivity contribution in [3.05, 3.63) is 40.5 Å². The van der Waals surface area contributed by atoms with Crippen LogP contribution in [-0.4, -0.2) is 22.3 Å². The first-order valence-electron chi connectivity index (χ1n) is 6.75. The number of aromatic amines is 1. The summed E-state index contributed by atoms with van der Waals surface area (Å²) in [5, 5.41) is 8.74. The predicted octanol–water partition coefficient (Wildman–Crippen LogP) is 2.54. The number of ether oxygens (including phenoxy) is 1. The van der Waals surface area contributed by atoms with E-state index >= 15 is 0 Å². The number of rotatable bonds is 4. The quantitative estimate of drug-likeness (QED) is 0.796. The highest BCUT2D eigenvalue weighted by molar-refractivity contribution is 5.83. The van der Waals surface area contributed by atoms with Gasteiger partial charge in [-0.2, -0.15) is 0 Å². The van der Waals surface area contributed by atoms with Gasteiger partial charge in [0.15, 0.2) is 0 Å². The van der Waals surface area contributed by atoms with Crippen molar-refractivity contribution in [1.82, 2.24) is 15.2 Å². The number of aryl methyl sites for hydroxylation is 1. The third-order valence-electron chi connectivity index (χ3n) is 3.21. The maximum absolute atomic E-state index is 12.1. The molecule has 3 aromatic rings. The largest absolute Gasteiger partial charge is 0.497 e. The van der Waals surface area contributed by atoms with E-state index in [1.165, 1.54) is 0 Å². The standard InChI is InChI=1S/C15H15N3O3/c1-3-4-13-17-18-15(21-13)11-8-9-7-10(20-2)5-6-12(9)16-14(11)19/h5-8H,3-4H2,1-2H3,(H,16,19). The van der Waals surface area contributed by atoms with Gasteiger partial charge in [0, 0.05) is 17.3 Å². The van der Waals surface area contributed by atoms with Gasteiger partial charge in [-0.25, -0.2) is 0 Å². The number of nitrogens with zero attached hydrogens (tertiary/aromatic N) is 2. The number of H-pyrrole nitrogens is 1. The van der Waals surface area contributed by atoms with E-state index in [2.05, 4.69) is 15.2 Å². The second kappa shape index (κ2) is 5.40. The molecule has 1 N–H and O–H groups in total. The lowest BCUT2D eigenvalue weighted by Gasteiger charge is -2.03. The number of fused-ring (bicyclic) bond motifs is 1. The second-order valence-electron chi connectivity index (χ2n) is 4.72. The van der Waals surface area contributed by atoms with Crippen molar-refractivity contribution in [2.45, 2.75) is 19.8 Å². The van der Waals surface area contributed by atoms with E-state index in [-0.39, 0.29) is 11.4 Å². The maximum atomic E-state index is 12.1. The number of benzene rings is 1. The van der Waals surface area contributed by atoms with E-state index in [9.17, 15) is 4.79 Å². The van der Waals surface area contributed by atoms with Crippen molar-refractivity contribution in [3.63, 3.8) is 0 Å². The normalized spacial score (nSPS) is 11.0. The molecule has 0 saturated carbocycles. The van der Waals surface area contributed by atoms with Gasteiger partial charge in [0.1, 0.15) is 11.3 Å². The number of aromatic nitrogens is 3. The Hall–Kier alpha value is -2.63. The van der Waals surface area contributed by atoms with Crippen molar-refractivity contribution in [3.8, 4) is 17.2 Å². The van der Waals surface area contributed by atoms with Crippen LogP contribution in [0.1, 0.15) is 19.2 Å². The fourth-order valence-electron chi connectivity index (χ4n) is 2.15. The Morgan fingerprint density at radius 2 is 2.14 bits per heavy atom. The van der Waals surface area contributed by atoms with E-state index in [1.807, 2.05) is 13.0 Å². The molecule has 2 heterocycles. The fraction of sp³-hybridized carbons (Fsp3) is 0.267. The first-order chi connectivity index (χ1) is 10.2. The Kier molecular flexibility index (Phi) is 3.43. The van der Waals surface area contributed by atoms with E-state index < -0.39 is 0 Å². The minimum Gasteiger partial charge on any atom is -0.497 e. The Labute approximate surface area is 120 Å². The van der Waals surface area contributed by atoms with Gasteiger partial charge >= 0.3 is 0 Å². The van der Waals surface area contributed by atoms with Crippen LogP contribution in [-0.2, 0) is 6.42 Å². The molecule has 0 aliphatic heterocycles. The minimum atomic E-state index is -0.251. The zero-order valence-electron chi connectivity index (χ0n) is 11.8. The first-order valence-corrected chi connectivity index (χ1v) is 6.75. The van der Waals surface area contributed by atoms with Gasteiger partial charge in [0.2, 0.25) is 5.89 Å². The number of methoxy groups -OCH3 is 1. The van der Waals surface area contributed by atoms with Gasteiger partial charge in [-0.1, -0.05) is 6.92 Å². The van der Waals surface area contributed by atoms with Crippen LogP contribution in [0.25, 0.3) is 22.4 Å². The second-order valence-corrected chi connectivity index (χ2v) is 4.72. The summed E-state index contributed by atoms with van der Waals surface area (Å²) in [6, 6.07) is 7.18. The lowest BCUT2D eigenvalue weighted by molar-refractivity contribution is 0.415. The fourth-order valence-corrected chi connectivity index (χ4v) is 2.15.